The first kappa shape index (κ1) is 11.5. The molecule has 0 aliphatic heterocycles. The van der Waals surface area contributed by atoms with E-state index in [2.05, 4.69) is 18.9 Å². The van der Waals surface area contributed by atoms with Crippen molar-refractivity contribution in [2.45, 2.75) is 39.2 Å². The molecular weight excluding hydrogens is 202 g/mol. The lowest BCUT2D eigenvalue weighted by Crippen LogP contribution is -2.17. The molecule has 2 N–H and O–H groups in total. The second-order valence-corrected chi connectivity index (χ2v) is 5.08. The molecule has 0 aromatic carbocycles. The monoisotopic (exact) mass is 223 g/mol. The quantitative estimate of drug-likeness (QED) is 0.802. The van der Waals surface area contributed by atoms with Gasteiger partial charge in [-0.2, -0.15) is 5.10 Å². The summed E-state index contributed by atoms with van der Waals surface area (Å²) < 4.78 is 7.69. The van der Waals surface area contributed by atoms with Crippen molar-refractivity contribution in [1.82, 2.24) is 9.78 Å². The van der Waals surface area contributed by atoms with Gasteiger partial charge in [0.15, 0.2) is 5.75 Å². The van der Waals surface area contributed by atoms with Gasteiger partial charge in [0.05, 0.1) is 19.0 Å². The second kappa shape index (κ2) is 4.45. The van der Waals surface area contributed by atoms with Gasteiger partial charge in [-0.15, -0.1) is 0 Å². The Kier molecular flexibility index (Phi) is 3.19. The third kappa shape index (κ3) is 2.55. The molecule has 4 heteroatoms. The molecule has 1 aliphatic carbocycles. The van der Waals surface area contributed by atoms with Crippen LogP contribution in [0.3, 0.4) is 0 Å². The fourth-order valence-corrected chi connectivity index (χ4v) is 1.86. The van der Waals surface area contributed by atoms with Crippen LogP contribution in [0.4, 0.5) is 0 Å². The Morgan fingerprint density at radius 1 is 1.56 bits per heavy atom. The van der Waals surface area contributed by atoms with E-state index in [1.54, 1.807) is 6.20 Å². The van der Waals surface area contributed by atoms with Gasteiger partial charge < -0.3 is 10.5 Å². The zero-order chi connectivity index (χ0) is 11.6. The van der Waals surface area contributed by atoms with Crippen LogP contribution in [0, 0.1) is 5.41 Å². The highest BCUT2D eigenvalue weighted by Gasteiger charge is 2.42. The van der Waals surface area contributed by atoms with Gasteiger partial charge >= 0.3 is 0 Å². The van der Waals surface area contributed by atoms with Crippen LogP contribution in [0.15, 0.2) is 12.4 Å². The van der Waals surface area contributed by atoms with Gasteiger partial charge in [0.2, 0.25) is 0 Å². The van der Waals surface area contributed by atoms with Gasteiger partial charge in [-0.05, 0) is 39.7 Å². The van der Waals surface area contributed by atoms with Crippen molar-refractivity contribution < 1.29 is 4.74 Å². The molecule has 2 rings (SSSR count). The largest absolute Gasteiger partial charge is 0.490 e. The van der Waals surface area contributed by atoms with E-state index in [0.29, 0.717) is 11.5 Å². The summed E-state index contributed by atoms with van der Waals surface area (Å²) in [6.45, 7) is 5.75. The van der Waals surface area contributed by atoms with E-state index < -0.39 is 0 Å². The highest BCUT2D eigenvalue weighted by atomic mass is 16.5. The summed E-state index contributed by atoms with van der Waals surface area (Å²) in [7, 11) is 0. The van der Waals surface area contributed by atoms with Crippen LogP contribution in [0.1, 0.15) is 39.2 Å². The highest BCUT2D eigenvalue weighted by Crippen LogP contribution is 2.48. The molecule has 1 aromatic rings. The number of hydrogen-bond donors (Lipinski definition) is 1. The minimum Gasteiger partial charge on any atom is -0.490 e. The Bertz CT molecular complexity index is 342. The van der Waals surface area contributed by atoms with Crippen molar-refractivity contribution in [3.05, 3.63) is 12.4 Å². The lowest BCUT2D eigenvalue weighted by Gasteiger charge is -2.13. The predicted octanol–water partition coefficient (Wildman–Crippen LogP) is 1.97. The van der Waals surface area contributed by atoms with E-state index in [0.717, 1.165) is 25.3 Å². The molecule has 90 valence electrons. The summed E-state index contributed by atoms with van der Waals surface area (Å²) in [5.74, 6) is 0.872. The van der Waals surface area contributed by atoms with E-state index in [9.17, 15) is 0 Å². The summed E-state index contributed by atoms with van der Waals surface area (Å²) in [4.78, 5) is 0. The van der Waals surface area contributed by atoms with Crippen molar-refractivity contribution in [3.8, 4) is 5.75 Å². The van der Waals surface area contributed by atoms with Gasteiger partial charge in [-0.25, -0.2) is 0 Å². The van der Waals surface area contributed by atoms with Crippen LogP contribution >= 0.6 is 0 Å². The Morgan fingerprint density at radius 3 is 2.81 bits per heavy atom. The molecule has 1 fully saturated rings. The third-order valence-corrected chi connectivity index (χ3v) is 3.28. The fourth-order valence-electron chi connectivity index (χ4n) is 1.86. The van der Waals surface area contributed by atoms with E-state index >= 15 is 0 Å². The molecule has 0 unspecified atom stereocenters. The van der Waals surface area contributed by atoms with Gasteiger partial charge in [-0.3, -0.25) is 4.68 Å². The van der Waals surface area contributed by atoms with Crippen LogP contribution in [-0.2, 0) is 0 Å². The Balaban J connectivity index is 1.85. The first-order valence-corrected chi connectivity index (χ1v) is 6.02. The zero-order valence-electron chi connectivity index (χ0n) is 10.1. The second-order valence-electron chi connectivity index (χ2n) is 5.08. The Morgan fingerprint density at radius 2 is 2.31 bits per heavy atom. The van der Waals surface area contributed by atoms with Gasteiger partial charge in [0.1, 0.15) is 0 Å². The van der Waals surface area contributed by atoms with Crippen LogP contribution in [0.2, 0.25) is 0 Å². The summed E-state index contributed by atoms with van der Waals surface area (Å²) in [6, 6.07) is 0.385. The van der Waals surface area contributed by atoms with Crippen LogP contribution < -0.4 is 10.5 Å². The smallest absolute Gasteiger partial charge is 0.157 e. The maximum absolute atomic E-state index is 5.78. The number of aromatic nitrogens is 2. The third-order valence-electron chi connectivity index (χ3n) is 3.28. The maximum atomic E-state index is 5.78. The normalized spacial score (nSPS) is 17.8. The summed E-state index contributed by atoms with van der Waals surface area (Å²) in [5.41, 5.74) is 5.97. The molecule has 0 radical (unpaired) electrons. The summed E-state index contributed by atoms with van der Waals surface area (Å²) >= 11 is 0. The Labute approximate surface area is 96.8 Å². The average molecular weight is 223 g/mol. The SMILES string of the molecule is CC(C)n1cc(OCC2(CCN)CC2)cn1. The molecule has 1 heterocycles. The van der Waals surface area contributed by atoms with Crippen molar-refractivity contribution in [2.24, 2.45) is 11.1 Å². The van der Waals surface area contributed by atoms with Crippen LogP contribution in [0.25, 0.3) is 0 Å². The lowest BCUT2D eigenvalue weighted by atomic mass is 10.0. The van der Waals surface area contributed by atoms with E-state index in [1.165, 1.54) is 12.8 Å². The minimum absolute atomic E-state index is 0.370. The highest BCUT2D eigenvalue weighted by molar-refractivity contribution is 5.13. The van der Waals surface area contributed by atoms with Gasteiger partial charge in [-0.1, -0.05) is 0 Å². The van der Waals surface area contributed by atoms with Gasteiger partial charge in [0.25, 0.3) is 0 Å². The van der Waals surface area contributed by atoms with Crippen molar-refractivity contribution in [1.29, 1.82) is 0 Å². The van der Waals surface area contributed by atoms with E-state index in [1.807, 2.05) is 10.9 Å². The van der Waals surface area contributed by atoms with Crippen LogP contribution in [-0.4, -0.2) is 22.9 Å². The molecule has 0 atom stereocenters. The standard InChI is InChI=1S/C12H21N3O/c1-10(2)15-8-11(7-14-15)16-9-12(3-4-12)5-6-13/h7-8,10H,3-6,9,13H2,1-2H3. The summed E-state index contributed by atoms with van der Waals surface area (Å²) in [5, 5.41) is 4.25. The van der Waals surface area contributed by atoms with Crippen molar-refractivity contribution in [2.75, 3.05) is 13.2 Å². The van der Waals surface area contributed by atoms with Crippen molar-refractivity contribution >= 4 is 0 Å². The predicted molar refractivity (Wildman–Crippen MR) is 63.4 cm³/mol. The molecule has 0 spiro atoms. The van der Waals surface area contributed by atoms with Gasteiger partial charge in [0, 0.05) is 11.5 Å². The van der Waals surface area contributed by atoms with Crippen molar-refractivity contribution in [3.63, 3.8) is 0 Å². The fraction of sp³-hybridized carbons (Fsp3) is 0.750. The first-order valence-electron chi connectivity index (χ1n) is 6.02. The molecule has 0 saturated heterocycles. The van der Waals surface area contributed by atoms with Crippen LogP contribution in [0.5, 0.6) is 5.75 Å². The molecule has 1 aromatic heterocycles. The molecule has 1 saturated carbocycles. The van der Waals surface area contributed by atoms with E-state index in [-0.39, 0.29) is 0 Å². The molecule has 16 heavy (non-hydrogen) atoms. The molecule has 1 aliphatic rings. The number of ether oxygens (including phenoxy) is 1. The zero-order valence-corrected chi connectivity index (χ0v) is 10.1. The topological polar surface area (TPSA) is 53.1 Å². The molecule has 0 bridgehead atoms. The maximum Gasteiger partial charge on any atom is 0.157 e. The number of hydrogen-bond acceptors (Lipinski definition) is 3. The Hall–Kier alpha value is -1.03. The first-order chi connectivity index (χ1) is 7.65. The summed E-state index contributed by atoms with van der Waals surface area (Å²) in [6.07, 6.45) is 7.33. The lowest BCUT2D eigenvalue weighted by molar-refractivity contribution is 0.226. The minimum atomic E-state index is 0.370. The molecule has 0 amide bonds. The number of nitrogens with two attached hydrogens (primary N) is 1. The van der Waals surface area contributed by atoms with E-state index in [4.69, 9.17) is 10.5 Å². The molecular formula is C12H21N3O. The number of nitrogens with zero attached hydrogens (tertiary/aromatic N) is 2. The molecule has 4 nitrogen and oxygen atoms in total. The number of rotatable bonds is 6. The average Bonchev–Trinajstić information content (AvgIpc) is 2.84.